The van der Waals surface area contributed by atoms with Gasteiger partial charge in [0.15, 0.2) is 0 Å². The van der Waals surface area contributed by atoms with Gasteiger partial charge < -0.3 is 4.74 Å². The minimum atomic E-state index is -3.61. The molecule has 1 heterocycles. The Morgan fingerprint density at radius 3 is 2.68 bits per heavy atom. The van der Waals surface area contributed by atoms with Crippen LogP contribution in [0.15, 0.2) is 0 Å². The molecule has 19 heavy (non-hydrogen) atoms. The molecule has 1 atom stereocenters. The molecule has 1 rings (SSSR count). The second kappa shape index (κ2) is 7.21. The lowest BCUT2D eigenvalue weighted by molar-refractivity contribution is -0.148. The number of hydrogen-bond acceptors (Lipinski definition) is 4. The Labute approximate surface area is 115 Å². The van der Waals surface area contributed by atoms with E-state index >= 15 is 0 Å². The van der Waals surface area contributed by atoms with Crippen molar-refractivity contribution in [2.75, 3.05) is 19.7 Å². The van der Waals surface area contributed by atoms with Gasteiger partial charge in [-0.15, -0.1) is 0 Å². The molecule has 0 amide bonds. The van der Waals surface area contributed by atoms with Crippen molar-refractivity contribution in [2.45, 2.75) is 46.1 Å². The lowest BCUT2D eigenvalue weighted by Gasteiger charge is -2.33. The first-order valence-electron chi connectivity index (χ1n) is 6.81. The molecule has 112 valence electrons. The molecular formula is C12H24N2O4S. The first-order chi connectivity index (χ1) is 8.88. The SMILES string of the molecule is CCOC(=O)C1CCCCN1S(=O)(=O)NCC(C)C. The van der Waals surface area contributed by atoms with Gasteiger partial charge >= 0.3 is 5.97 Å². The Balaban J connectivity index is 2.78. The summed E-state index contributed by atoms with van der Waals surface area (Å²) in [5, 5.41) is 0. The van der Waals surface area contributed by atoms with Crippen molar-refractivity contribution in [1.82, 2.24) is 9.03 Å². The molecule has 1 saturated heterocycles. The van der Waals surface area contributed by atoms with Gasteiger partial charge in [0.25, 0.3) is 10.2 Å². The molecule has 0 aromatic rings. The molecule has 1 aliphatic heterocycles. The molecule has 0 spiro atoms. The molecule has 6 nitrogen and oxygen atoms in total. The summed E-state index contributed by atoms with van der Waals surface area (Å²) in [6.45, 7) is 6.59. The third-order valence-corrected chi connectivity index (χ3v) is 4.58. The van der Waals surface area contributed by atoms with Crippen LogP contribution in [0.25, 0.3) is 0 Å². The summed E-state index contributed by atoms with van der Waals surface area (Å²) in [6.07, 6.45) is 2.15. The summed E-state index contributed by atoms with van der Waals surface area (Å²) in [7, 11) is -3.61. The van der Waals surface area contributed by atoms with E-state index in [4.69, 9.17) is 4.74 Å². The number of nitrogens with one attached hydrogen (secondary N) is 1. The van der Waals surface area contributed by atoms with Crippen molar-refractivity contribution < 1.29 is 17.9 Å². The quantitative estimate of drug-likeness (QED) is 0.738. The van der Waals surface area contributed by atoms with Gasteiger partial charge in [-0.3, -0.25) is 4.79 Å². The van der Waals surface area contributed by atoms with Crippen LogP contribution in [0.2, 0.25) is 0 Å². The van der Waals surface area contributed by atoms with Gasteiger partial charge in [0.2, 0.25) is 0 Å². The number of carbonyl (C=O) groups is 1. The van der Waals surface area contributed by atoms with E-state index in [0.717, 1.165) is 12.8 Å². The molecule has 1 fully saturated rings. The van der Waals surface area contributed by atoms with Crippen LogP contribution in [0.3, 0.4) is 0 Å². The highest BCUT2D eigenvalue weighted by molar-refractivity contribution is 7.87. The second-order valence-electron chi connectivity index (χ2n) is 5.12. The fraction of sp³-hybridized carbons (Fsp3) is 0.917. The fourth-order valence-electron chi connectivity index (χ4n) is 2.02. The minimum Gasteiger partial charge on any atom is -0.465 e. The van der Waals surface area contributed by atoms with Crippen molar-refractivity contribution in [3.63, 3.8) is 0 Å². The summed E-state index contributed by atoms with van der Waals surface area (Å²) < 4.78 is 33.2. The number of ether oxygens (including phenoxy) is 1. The summed E-state index contributed by atoms with van der Waals surface area (Å²) in [6, 6.07) is -0.682. The van der Waals surface area contributed by atoms with Crippen molar-refractivity contribution in [2.24, 2.45) is 5.92 Å². The van der Waals surface area contributed by atoms with E-state index in [1.54, 1.807) is 6.92 Å². The first-order valence-corrected chi connectivity index (χ1v) is 8.25. The Hall–Kier alpha value is -0.660. The number of carbonyl (C=O) groups excluding carboxylic acids is 1. The molecular weight excluding hydrogens is 268 g/mol. The van der Waals surface area contributed by atoms with Crippen LogP contribution < -0.4 is 4.72 Å². The molecule has 0 aromatic carbocycles. The molecule has 1 N–H and O–H groups in total. The maximum absolute atomic E-state index is 12.2. The molecule has 7 heteroatoms. The van der Waals surface area contributed by atoms with Gasteiger partial charge in [-0.1, -0.05) is 13.8 Å². The number of hydrogen-bond donors (Lipinski definition) is 1. The Bertz CT molecular complexity index is 395. The van der Waals surface area contributed by atoms with Crippen molar-refractivity contribution in [1.29, 1.82) is 0 Å². The monoisotopic (exact) mass is 292 g/mol. The highest BCUT2D eigenvalue weighted by Crippen LogP contribution is 2.21. The Morgan fingerprint density at radius 2 is 2.11 bits per heavy atom. The minimum absolute atomic E-state index is 0.223. The standard InChI is InChI=1S/C12H24N2O4S/c1-4-18-12(15)11-7-5-6-8-14(11)19(16,17)13-9-10(2)3/h10-11,13H,4-9H2,1-3H3. The van der Waals surface area contributed by atoms with Crippen LogP contribution in [0.5, 0.6) is 0 Å². The Morgan fingerprint density at radius 1 is 1.42 bits per heavy atom. The Kier molecular flexibility index (Phi) is 6.22. The molecule has 0 radical (unpaired) electrons. The molecule has 0 aromatic heterocycles. The van der Waals surface area contributed by atoms with E-state index in [2.05, 4.69) is 4.72 Å². The van der Waals surface area contributed by atoms with E-state index in [1.165, 1.54) is 4.31 Å². The largest absolute Gasteiger partial charge is 0.465 e. The van der Waals surface area contributed by atoms with E-state index in [1.807, 2.05) is 13.8 Å². The van der Waals surface area contributed by atoms with E-state index in [-0.39, 0.29) is 12.5 Å². The van der Waals surface area contributed by atoms with E-state index in [9.17, 15) is 13.2 Å². The van der Waals surface area contributed by atoms with Gasteiger partial charge in [0.05, 0.1) is 6.61 Å². The summed E-state index contributed by atoms with van der Waals surface area (Å²) in [5.74, 6) is -0.224. The fourth-order valence-corrected chi connectivity index (χ4v) is 3.63. The van der Waals surface area contributed by atoms with Crippen LogP contribution in [-0.2, 0) is 19.7 Å². The molecule has 0 bridgehead atoms. The number of rotatable bonds is 6. The normalized spacial score (nSPS) is 21.6. The highest BCUT2D eigenvalue weighted by Gasteiger charge is 2.37. The maximum Gasteiger partial charge on any atom is 0.324 e. The molecule has 1 unspecified atom stereocenters. The van der Waals surface area contributed by atoms with Gasteiger partial charge in [0, 0.05) is 13.1 Å². The summed E-state index contributed by atoms with van der Waals surface area (Å²) in [5.41, 5.74) is 0. The zero-order valence-corrected chi connectivity index (χ0v) is 12.7. The maximum atomic E-state index is 12.2. The van der Waals surface area contributed by atoms with Gasteiger partial charge in [-0.25, -0.2) is 4.72 Å². The molecule has 1 aliphatic rings. The van der Waals surface area contributed by atoms with Gasteiger partial charge in [-0.05, 0) is 32.1 Å². The van der Waals surface area contributed by atoms with Gasteiger partial charge in [0.1, 0.15) is 6.04 Å². The van der Waals surface area contributed by atoms with E-state index in [0.29, 0.717) is 19.5 Å². The van der Waals surface area contributed by atoms with Crippen molar-refractivity contribution >= 4 is 16.2 Å². The van der Waals surface area contributed by atoms with E-state index < -0.39 is 22.2 Å². The van der Waals surface area contributed by atoms with Crippen molar-refractivity contribution in [3.05, 3.63) is 0 Å². The van der Waals surface area contributed by atoms with Crippen LogP contribution >= 0.6 is 0 Å². The molecule has 0 saturated carbocycles. The lowest BCUT2D eigenvalue weighted by Crippen LogP contribution is -2.53. The third-order valence-electron chi connectivity index (χ3n) is 3.00. The average molecular weight is 292 g/mol. The number of esters is 1. The predicted octanol–water partition coefficient (Wildman–Crippen LogP) is 0.894. The van der Waals surface area contributed by atoms with Crippen LogP contribution in [-0.4, -0.2) is 44.4 Å². The summed E-state index contributed by atoms with van der Waals surface area (Å²) >= 11 is 0. The lowest BCUT2D eigenvalue weighted by atomic mass is 10.1. The summed E-state index contributed by atoms with van der Waals surface area (Å²) in [4.78, 5) is 11.8. The van der Waals surface area contributed by atoms with Crippen LogP contribution in [0.1, 0.15) is 40.0 Å². The van der Waals surface area contributed by atoms with Crippen LogP contribution in [0, 0.1) is 5.92 Å². The smallest absolute Gasteiger partial charge is 0.324 e. The second-order valence-corrected chi connectivity index (χ2v) is 6.83. The van der Waals surface area contributed by atoms with Crippen molar-refractivity contribution in [3.8, 4) is 0 Å². The zero-order valence-electron chi connectivity index (χ0n) is 11.9. The molecule has 0 aliphatic carbocycles. The average Bonchev–Trinajstić information content (AvgIpc) is 2.37. The third kappa shape index (κ3) is 4.74. The number of piperidine rings is 1. The first kappa shape index (κ1) is 16.4. The number of nitrogens with zero attached hydrogens (tertiary/aromatic N) is 1. The zero-order chi connectivity index (χ0) is 14.5. The van der Waals surface area contributed by atoms with Gasteiger partial charge in [-0.2, -0.15) is 12.7 Å². The topological polar surface area (TPSA) is 75.7 Å². The van der Waals surface area contributed by atoms with Crippen LogP contribution in [0.4, 0.5) is 0 Å². The predicted molar refractivity (Wildman–Crippen MR) is 72.7 cm³/mol. The highest BCUT2D eigenvalue weighted by atomic mass is 32.2.